The van der Waals surface area contributed by atoms with Gasteiger partial charge in [0.2, 0.25) is 0 Å². The van der Waals surface area contributed by atoms with E-state index in [4.69, 9.17) is 23.2 Å². The van der Waals surface area contributed by atoms with Crippen molar-refractivity contribution in [3.63, 3.8) is 0 Å². The number of carboxylic acid groups (broad SMARTS) is 1. The fourth-order valence-corrected chi connectivity index (χ4v) is 3.37. The Hall–Kier alpha value is -2.95. The van der Waals surface area contributed by atoms with Gasteiger partial charge < -0.3 is 9.67 Å². The molecule has 1 N–H and O–H groups in total. The number of hydrogen-bond donors (Lipinski definition) is 1. The summed E-state index contributed by atoms with van der Waals surface area (Å²) in [6, 6.07) is 13.1. The molecule has 2 aromatic carbocycles. The first-order valence-electron chi connectivity index (χ1n) is 8.11. The number of nitriles is 1. The van der Waals surface area contributed by atoms with Gasteiger partial charge in [0.05, 0.1) is 11.3 Å². The van der Waals surface area contributed by atoms with Gasteiger partial charge in [-0.25, -0.2) is 0 Å². The first-order valence-corrected chi connectivity index (χ1v) is 8.86. The number of alkyl halides is 3. The molecule has 0 bridgehead atoms. The van der Waals surface area contributed by atoms with E-state index < -0.39 is 29.9 Å². The zero-order valence-corrected chi connectivity index (χ0v) is 16.0. The Morgan fingerprint density at radius 2 is 1.48 bits per heavy atom. The second-order valence-corrected chi connectivity index (χ2v) is 6.92. The molecule has 148 valence electrons. The molecule has 0 aliphatic rings. The van der Waals surface area contributed by atoms with Crippen LogP contribution in [0.4, 0.5) is 13.2 Å². The van der Waals surface area contributed by atoms with Crippen LogP contribution in [-0.4, -0.2) is 15.6 Å². The van der Waals surface area contributed by atoms with Crippen LogP contribution in [0.15, 0.2) is 48.5 Å². The summed E-state index contributed by atoms with van der Waals surface area (Å²) in [6.45, 7) is -0.977. The van der Waals surface area contributed by atoms with Gasteiger partial charge in [0.1, 0.15) is 18.3 Å². The van der Waals surface area contributed by atoms with E-state index in [0.717, 1.165) is 0 Å². The first kappa shape index (κ1) is 20.8. The third-order valence-corrected chi connectivity index (χ3v) is 4.69. The Kier molecular flexibility index (Phi) is 5.60. The van der Waals surface area contributed by atoms with Crippen LogP contribution >= 0.6 is 23.2 Å². The molecule has 9 heteroatoms. The highest BCUT2D eigenvalue weighted by Gasteiger charge is 2.42. The minimum Gasteiger partial charge on any atom is -0.480 e. The Bertz CT molecular complexity index is 1110. The van der Waals surface area contributed by atoms with Crippen molar-refractivity contribution >= 4 is 29.2 Å². The standard InChI is InChI=1S/C20H11Cl2F3N2O2/c21-13-5-1-11(2-6-13)17-15(9-26)18(12-3-7-14(22)8-4-12)27(10-16(28)29)19(17)20(23,24)25/h1-8H,10H2,(H,28,29). The number of nitrogens with zero attached hydrogens (tertiary/aromatic N) is 2. The third kappa shape index (κ3) is 4.09. The van der Waals surface area contributed by atoms with Crippen LogP contribution in [0, 0.1) is 11.3 Å². The molecule has 29 heavy (non-hydrogen) atoms. The number of carbonyl (C=O) groups is 1. The summed E-state index contributed by atoms with van der Waals surface area (Å²) in [4.78, 5) is 11.4. The van der Waals surface area contributed by atoms with Crippen LogP contribution in [0.1, 0.15) is 11.3 Å². The van der Waals surface area contributed by atoms with E-state index in [0.29, 0.717) is 14.6 Å². The smallest absolute Gasteiger partial charge is 0.432 e. The molecular weight excluding hydrogens is 428 g/mol. The van der Waals surface area contributed by atoms with Gasteiger partial charge in [-0.05, 0) is 35.4 Å². The van der Waals surface area contributed by atoms with Crippen LogP contribution in [0.25, 0.3) is 22.4 Å². The van der Waals surface area contributed by atoms with Crippen LogP contribution in [0.3, 0.4) is 0 Å². The van der Waals surface area contributed by atoms with Crippen molar-refractivity contribution < 1.29 is 23.1 Å². The van der Waals surface area contributed by atoms with Crippen molar-refractivity contribution in [1.29, 1.82) is 5.26 Å². The van der Waals surface area contributed by atoms with Crippen molar-refractivity contribution in [3.05, 3.63) is 69.8 Å². The molecule has 1 aromatic heterocycles. The summed E-state index contributed by atoms with van der Waals surface area (Å²) in [5.74, 6) is -1.48. The van der Waals surface area contributed by atoms with Crippen LogP contribution in [-0.2, 0) is 17.5 Å². The minimum atomic E-state index is -4.92. The Balaban J connectivity index is 2.47. The van der Waals surface area contributed by atoms with Gasteiger partial charge in [0, 0.05) is 15.6 Å². The highest BCUT2D eigenvalue weighted by Crippen LogP contribution is 2.45. The van der Waals surface area contributed by atoms with E-state index in [1.165, 1.54) is 48.5 Å². The first-order chi connectivity index (χ1) is 13.6. The van der Waals surface area contributed by atoms with E-state index >= 15 is 0 Å². The quantitative estimate of drug-likeness (QED) is 0.534. The summed E-state index contributed by atoms with van der Waals surface area (Å²) in [7, 11) is 0. The molecule has 0 fully saturated rings. The maximum atomic E-state index is 14.1. The predicted molar refractivity (Wildman–Crippen MR) is 103 cm³/mol. The zero-order valence-electron chi connectivity index (χ0n) is 14.5. The highest BCUT2D eigenvalue weighted by molar-refractivity contribution is 6.31. The lowest BCUT2D eigenvalue weighted by atomic mass is 9.98. The average molecular weight is 439 g/mol. The van der Waals surface area contributed by atoms with E-state index in [1.54, 1.807) is 0 Å². The van der Waals surface area contributed by atoms with Gasteiger partial charge in [-0.15, -0.1) is 0 Å². The monoisotopic (exact) mass is 438 g/mol. The van der Waals surface area contributed by atoms with E-state index in [1.807, 2.05) is 6.07 Å². The van der Waals surface area contributed by atoms with Crippen molar-refractivity contribution in [3.8, 4) is 28.5 Å². The molecule has 0 radical (unpaired) electrons. The zero-order chi connectivity index (χ0) is 21.3. The average Bonchev–Trinajstić information content (AvgIpc) is 2.96. The van der Waals surface area contributed by atoms with E-state index in [-0.39, 0.29) is 22.4 Å². The molecule has 0 amide bonds. The van der Waals surface area contributed by atoms with Gasteiger partial charge in [-0.3, -0.25) is 4.79 Å². The molecule has 0 saturated carbocycles. The van der Waals surface area contributed by atoms with Crippen molar-refractivity contribution in [2.75, 3.05) is 0 Å². The topological polar surface area (TPSA) is 66.0 Å². The third-order valence-electron chi connectivity index (χ3n) is 4.19. The number of carboxylic acids is 1. The second kappa shape index (κ2) is 7.82. The van der Waals surface area contributed by atoms with Gasteiger partial charge in [0.25, 0.3) is 0 Å². The normalized spacial score (nSPS) is 11.3. The van der Waals surface area contributed by atoms with Crippen molar-refractivity contribution in [2.45, 2.75) is 12.7 Å². The Morgan fingerprint density at radius 1 is 1.00 bits per heavy atom. The molecule has 3 rings (SSSR count). The number of aliphatic carboxylic acids is 1. The minimum absolute atomic E-state index is 0.0950. The predicted octanol–water partition coefficient (Wildman–Crippen LogP) is 6.10. The SMILES string of the molecule is N#Cc1c(-c2ccc(Cl)cc2)c(C(F)(F)F)n(CC(=O)O)c1-c1ccc(Cl)cc1. The fraction of sp³-hybridized carbons (Fsp3) is 0.100. The largest absolute Gasteiger partial charge is 0.480 e. The summed E-state index contributed by atoms with van der Waals surface area (Å²) >= 11 is 11.7. The lowest BCUT2D eigenvalue weighted by Crippen LogP contribution is -2.19. The Labute approximate surface area is 173 Å². The lowest BCUT2D eigenvalue weighted by molar-refractivity contribution is -0.145. The van der Waals surface area contributed by atoms with E-state index in [2.05, 4.69) is 0 Å². The summed E-state index contributed by atoms with van der Waals surface area (Å²) < 4.78 is 42.8. The summed E-state index contributed by atoms with van der Waals surface area (Å²) in [6.07, 6.45) is -4.92. The summed E-state index contributed by atoms with van der Waals surface area (Å²) in [5.41, 5.74) is -1.73. The molecule has 0 unspecified atom stereocenters. The number of benzene rings is 2. The molecule has 0 spiro atoms. The maximum Gasteiger partial charge on any atom is 0.432 e. The Morgan fingerprint density at radius 3 is 1.90 bits per heavy atom. The molecule has 0 aliphatic heterocycles. The summed E-state index contributed by atoms with van der Waals surface area (Å²) in [5, 5.41) is 19.6. The molecule has 1 heterocycles. The fourth-order valence-electron chi connectivity index (χ4n) is 3.12. The molecule has 3 aromatic rings. The maximum absolute atomic E-state index is 14.1. The molecule has 4 nitrogen and oxygen atoms in total. The molecular formula is C20H11Cl2F3N2O2. The number of halogens is 5. The van der Waals surface area contributed by atoms with Gasteiger partial charge in [-0.2, -0.15) is 18.4 Å². The molecule has 0 atom stereocenters. The van der Waals surface area contributed by atoms with Gasteiger partial charge in [0.15, 0.2) is 0 Å². The van der Waals surface area contributed by atoms with Crippen LogP contribution in [0.5, 0.6) is 0 Å². The van der Waals surface area contributed by atoms with Crippen molar-refractivity contribution in [2.24, 2.45) is 0 Å². The lowest BCUT2D eigenvalue weighted by Gasteiger charge is -2.15. The van der Waals surface area contributed by atoms with Crippen molar-refractivity contribution in [1.82, 2.24) is 4.57 Å². The van der Waals surface area contributed by atoms with Gasteiger partial charge >= 0.3 is 12.1 Å². The van der Waals surface area contributed by atoms with E-state index in [9.17, 15) is 28.3 Å². The highest BCUT2D eigenvalue weighted by atomic mass is 35.5. The number of rotatable bonds is 4. The number of hydrogen-bond acceptors (Lipinski definition) is 2. The molecule has 0 saturated heterocycles. The van der Waals surface area contributed by atoms with Crippen LogP contribution in [0.2, 0.25) is 10.0 Å². The van der Waals surface area contributed by atoms with Gasteiger partial charge in [-0.1, -0.05) is 47.5 Å². The second-order valence-electron chi connectivity index (χ2n) is 6.05. The molecule has 0 aliphatic carbocycles. The number of aromatic nitrogens is 1. The van der Waals surface area contributed by atoms with Crippen LogP contribution < -0.4 is 0 Å².